The van der Waals surface area contributed by atoms with E-state index in [0.29, 0.717) is 0 Å². The summed E-state index contributed by atoms with van der Waals surface area (Å²) in [5.41, 5.74) is 0. The zero-order chi connectivity index (χ0) is 12.9. The fourth-order valence-corrected chi connectivity index (χ4v) is 1.37. The summed E-state index contributed by atoms with van der Waals surface area (Å²) in [6.45, 7) is 0. The van der Waals surface area contributed by atoms with Crippen LogP contribution in [-0.2, 0) is 17.1 Å². The molecule has 0 heterocycles. The van der Waals surface area contributed by atoms with E-state index in [1.807, 2.05) is 0 Å². The molecule has 0 aromatic heterocycles. The maximum atomic E-state index is 13.1. The van der Waals surface area contributed by atoms with Gasteiger partial charge in [-0.05, 0) is 10.8 Å². The summed E-state index contributed by atoms with van der Waals surface area (Å²) >= 11 is 0. The average molecular weight is 317 g/mol. The molecule has 0 saturated carbocycles. The third-order valence-corrected chi connectivity index (χ3v) is 2.12. The maximum absolute atomic E-state index is 13.1. The Hall–Kier alpha value is -1.27. The summed E-state index contributed by atoms with van der Waals surface area (Å²) in [6, 6.07) is 1.09. The molecule has 0 aliphatic carbocycles. The largest absolute Gasteiger partial charge is 1.00 e. The van der Waals surface area contributed by atoms with E-state index in [1.54, 1.807) is 0 Å². The second kappa shape index (κ2) is 4.78. The van der Waals surface area contributed by atoms with E-state index in [2.05, 4.69) is 0 Å². The molecule has 0 atom stereocenters. The van der Waals surface area contributed by atoms with Gasteiger partial charge in [-0.25, -0.2) is 26.3 Å². The Kier molecular flexibility index (Phi) is 3.92. The monoisotopic (exact) mass is 316 g/mol. The van der Waals surface area contributed by atoms with Gasteiger partial charge in [-0.2, -0.15) is 0 Å². The van der Waals surface area contributed by atoms with Crippen LogP contribution < -0.4 is 0 Å². The van der Waals surface area contributed by atoms with Gasteiger partial charge >= 0.3 is 17.1 Å². The second-order valence-corrected chi connectivity index (χ2v) is 3.07. The van der Waals surface area contributed by atoms with Crippen LogP contribution in [0.3, 0.4) is 0 Å². The summed E-state index contributed by atoms with van der Waals surface area (Å²) in [5, 5.41) is -3.16. The first-order chi connectivity index (χ1) is 7.86. The van der Waals surface area contributed by atoms with Crippen molar-refractivity contribution in [3.05, 3.63) is 46.8 Å². The number of hydrogen-bond donors (Lipinski definition) is 0. The molecule has 0 saturated heterocycles. The SMILES string of the molecule is Fc1[c-]c(F)c2c(F)c(F)c(F)c(F)c2c1F.[Cu+]. The fraction of sp³-hybridized carbons (Fsp3) is 0. The predicted octanol–water partition coefficient (Wildman–Crippen LogP) is 3.61. The van der Waals surface area contributed by atoms with Crippen molar-refractivity contribution < 1.29 is 47.8 Å². The van der Waals surface area contributed by atoms with Crippen molar-refractivity contribution in [3.8, 4) is 0 Å². The van der Waals surface area contributed by atoms with Gasteiger partial charge in [-0.15, -0.1) is 6.07 Å². The summed E-state index contributed by atoms with van der Waals surface area (Å²) in [4.78, 5) is 0. The molecule has 0 bridgehead atoms. The van der Waals surface area contributed by atoms with Crippen LogP contribution in [0.25, 0.3) is 10.8 Å². The summed E-state index contributed by atoms with van der Waals surface area (Å²) in [7, 11) is 0. The maximum Gasteiger partial charge on any atom is 1.00 e. The zero-order valence-electron chi connectivity index (χ0n) is 7.95. The molecule has 0 aliphatic rings. The van der Waals surface area contributed by atoms with E-state index >= 15 is 0 Å². The topological polar surface area (TPSA) is 0 Å². The van der Waals surface area contributed by atoms with E-state index in [4.69, 9.17) is 0 Å². The summed E-state index contributed by atoms with van der Waals surface area (Å²) in [6.07, 6.45) is 0. The number of benzene rings is 2. The Bertz CT molecular complexity index is 638. The Balaban J connectivity index is 0.00000162. The zero-order valence-corrected chi connectivity index (χ0v) is 8.89. The number of fused-ring (bicyclic) bond motifs is 1. The van der Waals surface area contributed by atoms with Crippen LogP contribution >= 0.6 is 0 Å². The van der Waals surface area contributed by atoms with Gasteiger partial charge in [0.15, 0.2) is 11.6 Å². The van der Waals surface area contributed by atoms with Gasteiger partial charge in [0.2, 0.25) is 0 Å². The van der Waals surface area contributed by atoms with Crippen LogP contribution in [-0.4, -0.2) is 0 Å². The first-order valence-electron chi connectivity index (χ1n) is 4.07. The van der Waals surface area contributed by atoms with Crippen LogP contribution in [0, 0.1) is 46.8 Å². The van der Waals surface area contributed by atoms with Crippen molar-refractivity contribution in [1.29, 1.82) is 0 Å². The van der Waals surface area contributed by atoms with Crippen LogP contribution in [0.2, 0.25) is 0 Å². The Morgan fingerprint density at radius 2 is 0.944 bits per heavy atom. The molecule has 8 heteroatoms. The quantitative estimate of drug-likeness (QED) is 0.229. The molecule has 2 aromatic carbocycles. The number of hydrogen-bond acceptors (Lipinski definition) is 0. The van der Waals surface area contributed by atoms with Gasteiger partial charge in [0, 0.05) is 11.6 Å². The molecule has 0 unspecified atom stereocenters. The average Bonchev–Trinajstić information content (AvgIpc) is 2.28. The molecule has 18 heavy (non-hydrogen) atoms. The van der Waals surface area contributed by atoms with Crippen LogP contribution in [0.1, 0.15) is 0 Å². The van der Waals surface area contributed by atoms with Gasteiger partial charge in [0.25, 0.3) is 0 Å². The Morgan fingerprint density at radius 3 is 1.44 bits per heavy atom. The first-order valence-corrected chi connectivity index (χ1v) is 4.07. The van der Waals surface area contributed by atoms with Gasteiger partial charge in [-0.3, -0.25) is 4.39 Å². The minimum absolute atomic E-state index is 0. The van der Waals surface area contributed by atoms with Gasteiger partial charge in [0.1, 0.15) is 11.6 Å². The van der Waals surface area contributed by atoms with Crippen LogP contribution in [0.5, 0.6) is 0 Å². The Labute approximate surface area is 106 Å². The summed E-state index contributed by atoms with van der Waals surface area (Å²) < 4.78 is 90.4. The molecule has 0 radical (unpaired) electrons. The van der Waals surface area contributed by atoms with E-state index in [-0.39, 0.29) is 17.1 Å². The molecule has 0 fully saturated rings. The Morgan fingerprint density at radius 1 is 0.500 bits per heavy atom. The van der Waals surface area contributed by atoms with Crippen molar-refractivity contribution in [2.75, 3.05) is 0 Å². The molecule has 100 valence electrons. The van der Waals surface area contributed by atoms with Crippen molar-refractivity contribution in [2.45, 2.75) is 0 Å². The van der Waals surface area contributed by atoms with Gasteiger partial charge < -0.3 is 0 Å². The van der Waals surface area contributed by atoms with Gasteiger partial charge in [-0.1, -0.05) is 0 Å². The van der Waals surface area contributed by atoms with E-state index < -0.39 is 51.5 Å². The van der Waals surface area contributed by atoms with Crippen LogP contribution in [0.4, 0.5) is 30.7 Å². The first kappa shape index (κ1) is 14.8. The van der Waals surface area contributed by atoms with Crippen LogP contribution in [0.15, 0.2) is 0 Å². The van der Waals surface area contributed by atoms with E-state index in [0.717, 1.165) is 6.07 Å². The second-order valence-electron chi connectivity index (χ2n) is 3.07. The van der Waals surface area contributed by atoms with Crippen molar-refractivity contribution in [3.63, 3.8) is 0 Å². The van der Waals surface area contributed by atoms with Crippen molar-refractivity contribution in [2.24, 2.45) is 0 Å². The molecule has 0 nitrogen and oxygen atoms in total. The molecule has 0 aliphatic heterocycles. The molecular formula is C10CuF7. The normalized spacial score (nSPS) is 10.6. The third-order valence-electron chi connectivity index (χ3n) is 2.12. The fourth-order valence-electron chi connectivity index (χ4n) is 1.37. The molecule has 2 aromatic rings. The van der Waals surface area contributed by atoms with E-state index in [1.165, 1.54) is 0 Å². The molecular weight excluding hydrogens is 317 g/mol. The van der Waals surface area contributed by atoms with Crippen molar-refractivity contribution in [1.82, 2.24) is 0 Å². The number of halogens is 7. The van der Waals surface area contributed by atoms with Gasteiger partial charge in [0.05, 0.1) is 5.82 Å². The molecule has 0 spiro atoms. The molecule has 0 N–H and O–H groups in total. The number of rotatable bonds is 0. The predicted molar refractivity (Wildman–Crippen MR) is 42.5 cm³/mol. The molecule has 0 amide bonds. The standard InChI is InChI=1S/C10F7.Cu/c11-2-1-3(12)6(13)5-4(2)7(14)9(16)10(17)8(5)15;/q-1;+1. The smallest absolute Gasteiger partial charge is 0.281 e. The minimum atomic E-state index is -2.35. The summed E-state index contributed by atoms with van der Waals surface area (Å²) in [5.74, 6) is -14.9. The minimum Gasteiger partial charge on any atom is -0.281 e. The molecule has 2 rings (SSSR count). The van der Waals surface area contributed by atoms with E-state index in [9.17, 15) is 30.7 Å². The third kappa shape index (κ3) is 1.85. The van der Waals surface area contributed by atoms with Crippen molar-refractivity contribution >= 4 is 10.8 Å².